The Kier molecular flexibility index (Phi) is 5.52. The zero-order chi connectivity index (χ0) is 13.5. The van der Waals surface area contributed by atoms with E-state index in [1.807, 2.05) is 6.92 Å². The molecule has 0 aliphatic carbocycles. The van der Waals surface area contributed by atoms with Crippen molar-refractivity contribution in [3.05, 3.63) is 46.8 Å². The number of nitrogens with one attached hydrogen (secondary N) is 1. The molecule has 98 valence electrons. The summed E-state index contributed by atoms with van der Waals surface area (Å²) in [6.07, 6.45) is 2.44. The van der Waals surface area contributed by atoms with E-state index in [1.165, 1.54) is 12.1 Å². The number of hydrogen-bond acceptors (Lipinski definition) is 2. The number of halogens is 1. The molecule has 0 radical (unpaired) electrons. The number of carboxylic acids is 1. The van der Waals surface area contributed by atoms with Crippen LogP contribution in [0.2, 0.25) is 0 Å². The second-order valence-corrected chi connectivity index (χ2v) is 4.22. The summed E-state index contributed by atoms with van der Waals surface area (Å²) in [4.78, 5) is 10.5. The average molecular weight is 251 g/mol. The van der Waals surface area contributed by atoms with Crippen LogP contribution in [-0.2, 0) is 11.2 Å². The molecule has 0 spiro atoms. The van der Waals surface area contributed by atoms with Gasteiger partial charge in [-0.15, -0.1) is 0 Å². The lowest BCUT2D eigenvalue weighted by molar-refractivity contribution is -0.132. The molecule has 0 aliphatic rings. The standard InChI is InChI=1S/C14H18FNO2/c1-10(14(17)18)5-7-16-8-6-12-3-4-13(15)9-11(12)2/h3-5,9,16H,6-8H2,1-2H3,(H,17,18)/b10-5-. The number of hydrogen-bond donors (Lipinski definition) is 2. The van der Waals surface area contributed by atoms with Crippen molar-refractivity contribution in [1.82, 2.24) is 5.32 Å². The van der Waals surface area contributed by atoms with E-state index >= 15 is 0 Å². The molecule has 0 amide bonds. The molecular formula is C14H18FNO2. The molecule has 2 N–H and O–H groups in total. The van der Waals surface area contributed by atoms with Crippen molar-refractivity contribution in [2.75, 3.05) is 13.1 Å². The first-order valence-corrected chi connectivity index (χ1v) is 5.86. The van der Waals surface area contributed by atoms with Gasteiger partial charge in [0.1, 0.15) is 5.82 Å². The van der Waals surface area contributed by atoms with Crippen molar-refractivity contribution in [2.24, 2.45) is 0 Å². The zero-order valence-corrected chi connectivity index (χ0v) is 10.7. The molecule has 0 fully saturated rings. The third-order valence-corrected chi connectivity index (χ3v) is 2.77. The topological polar surface area (TPSA) is 49.3 Å². The van der Waals surface area contributed by atoms with Gasteiger partial charge in [0, 0.05) is 12.1 Å². The largest absolute Gasteiger partial charge is 0.478 e. The quantitative estimate of drug-likeness (QED) is 0.602. The number of benzene rings is 1. The lowest BCUT2D eigenvalue weighted by Crippen LogP contribution is -2.18. The van der Waals surface area contributed by atoms with Crippen LogP contribution in [0.1, 0.15) is 18.1 Å². The minimum atomic E-state index is -0.897. The first-order chi connectivity index (χ1) is 8.50. The second kappa shape index (κ2) is 6.91. The van der Waals surface area contributed by atoms with Gasteiger partial charge in [-0.3, -0.25) is 0 Å². The first-order valence-electron chi connectivity index (χ1n) is 5.86. The molecule has 1 aromatic carbocycles. The van der Waals surface area contributed by atoms with Crippen molar-refractivity contribution >= 4 is 5.97 Å². The molecule has 0 unspecified atom stereocenters. The van der Waals surface area contributed by atoms with Crippen molar-refractivity contribution in [2.45, 2.75) is 20.3 Å². The van der Waals surface area contributed by atoms with Gasteiger partial charge >= 0.3 is 5.97 Å². The molecule has 0 saturated heterocycles. The summed E-state index contributed by atoms with van der Waals surface area (Å²) < 4.78 is 12.9. The van der Waals surface area contributed by atoms with Crippen molar-refractivity contribution in [3.8, 4) is 0 Å². The highest BCUT2D eigenvalue weighted by Gasteiger charge is 2.00. The maximum Gasteiger partial charge on any atom is 0.330 e. The third kappa shape index (κ3) is 4.67. The third-order valence-electron chi connectivity index (χ3n) is 2.77. The Hall–Kier alpha value is -1.68. The monoisotopic (exact) mass is 251 g/mol. The summed E-state index contributed by atoms with van der Waals surface area (Å²) in [5.74, 6) is -1.12. The Labute approximate surface area is 106 Å². The van der Waals surface area contributed by atoms with Gasteiger partial charge in [0.05, 0.1) is 0 Å². The van der Waals surface area contributed by atoms with Crippen LogP contribution in [0.4, 0.5) is 4.39 Å². The Morgan fingerprint density at radius 3 is 2.83 bits per heavy atom. The first kappa shape index (κ1) is 14.4. The van der Waals surface area contributed by atoms with Crippen molar-refractivity contribution in [3.63, 3.8) is 0 Å². The predicted molar refractivity (Wildman–Crippen MR) is 69.1 cm³/mol. The molecule has 0 bridgehead atoms. The van der Waals surface area contributed by atoms with Crippen molar-refractivity contribution < 1.29 is 14.3 Å². The van der Waals surface area contributed by atoms with Crippen LogP contribution in [0, 0.1) is 12.7 Å². The molecule has 4 heteroatoms. The van der Waals surface area contributed by atoms with Crippen LogP contribution in [0.3, 0.4) is 0 Å². The normalized spacial score (nSPS) is 11.6. The number of carboxylic acid groups (broad SMARTS) is 1. The maximum atomic E-state index is 12.9. The van der Waals surface area contributed by atoms with Gasteiger partial charge in [-0.25, -0.2) is 9.18 Å². The summed E-state index contributed by atoms with van der Waals surface area (Å²) in [6, 6.07) is 4.76. The van der Waals surface area contributed by atoms with Gasteiger partial charge in [-0.05, 0) is 50.1 Å². The number of carbonyl (C=O) groups is 1. The highest BCUT2D eigenvalue weighted by Crippen LogP contribution is 2.10. The van der Waals surface area contributed by atoms with Crippen LogP contribution >= 0.6 is 0 Å². The number of aryl methyl sites for hydroxylation is 1. The fourth-order valence-corrected chi connectivity index (χ4v) is 1.58. The zero-order valence-electron chi connectivity index (χ0n) is 10.7. The fourth-order valence-electron chi connectivity index (χ4n) is 1.58. The van der Waals surface area contributed by atoms with Crippen LogP contribution < -0.4 is 5.32 Å². The van der Waals surface area contributed by atoms with Crippen LogP contribution in [0.15, 0.2) is 29.8 Å². The molecule has 0 heterocycles. The molecule has 0 aromatic heterocycles. The maximum absolute atomic E-state index is 12.9. The molecular weight excluding hydrogens is 233 g/mol. The van der Waals surface area contributed by atoms with E-state index in [4.69, 9.17) is 5.11 Å². The summed E-state index contributed by atoms with van der Waals surface area (Å²) in [7, 11) is 0. The number of rotatable bonds is 6. The van der Waals surface area contributed by atoms with E-state index in [-0.39, 0.29) is 5.82 Å². The number of aliphatic carboxylic acids is 1. The van der Waals surface area contributed by atoms with Gasteiger partial charge in [-0.2, -0.15) is 0 Å². The SMILES string of the molecule is C/C(=C/CNCCc1ccc(F)cc1C)C(=O)O. The summed E-state index contributed by atoms with van der Waals surface area (Å²) in [5, 5.41) is 11.8. The van der Waals surface area contributed by atoms with E-state index in [2.05, 4.69) is 5.32 Å². The Balaban J connectivity index is 2.34. The Morgan fingerprint density at radius 1 is 1.50 bits per heavy atom. The van der Waals surface area contributed by atoms with E-state index in [1.54, 1.807) is 19.1 Å². The highest BCUT2D eigenvalue weighted by molar-refractivity contribution is 5.85. The van der Waals surface area contributed by atoms with E-state index in [0.29, 0.717) is 12.1 Å². The summed E-state index contributed by atoms with van der Waals surface area (Å²) in [5.41, 5.74) is 2.37. The van der Waals surface area contributed by atoms with E-state index in [0.717, 1.165) is 24.1 Å². The molecule has 3 nitrogen and oxygen atoms in total. The van der Waals surface area contributed by atoms with Gasteiger partial charge < -0.3 is 10.4 Å². The predicted octanol–water partition coefficient (Wildman–Crippen LogP) is 2.30. The van der Waals surface area contributed by atoms with Crippen LogP contribution in [-0.4, -0.2) is 24.2 Å². The molecule has 1 rings (SSSR count). The smallest absolute Gasteiger partial charge is 0.330 e. The van der Waals surface area contributed by atoms with Gasteiger partial charge in [-0.1, -0.05) is 12.1 Å². The fraction of sp³-hybridized carbons (Fsp3) is 0.357. The van der Waals surface area contributed by atoms with Crippen LogP contribution in [0.5, 0.6) is 0 Å². The van der Waals surface area contributed by atoms with Crippen molar-refractivity contribution in [1.29, 1.82) is 0 Å². The highest BCUT2D eigenvalue weighted by atomic mass is 19.1. The second-order valence-electron chi connectivity index (χ2n) is 4.22. The molecule has 0 atom stereocenters. The van der Waals surface area contributed by atoms with E-state index in [9.17, 15) is 9.18 Å². The molecule has 1 aromatic rings. The van der Waals surface area contributed by atoms with E-state index < -0.39 is 5.97 Å². The van der Waals surface area contributed by atoms with Gasteiger partial charge in [0.25, 0.3) is 0 Å². The lowest BCUT2D eigenvalue weighted by Gasteiger charge is -2.06. The molecule has 0 aliphatic heterocycles. The Morgan fingerprint density at radius 2 is 2.22 bits per heavy atom. The summed E-state index contributed by atoms with van der Waals surface area (Å²) in [6.45, 7) is 4.70. The minimum absolute atomic E-state index is 0.218. The summed E-state index contributed by atoms with van der Waals surface area (Å²) >= 11 is 0. The molecule has 18 heavy (non-hydrogen) atoms. The minimum Gasteiger partial charge on any atom is -0.478 e. The lowest BCUT2D eigenvalue weighted by atomic mass is 10.1. The van der Waals surface area contributed by atoms with Gasteiger partial charge in [0.2, 0.25) is 0 Å². The molecule has 0 saturated carbocycles. The Bertz CT molecular complexity index is 455. The van der Waals surface area contributed by atoms with Gasteiger partial charge in [0.15, 0.2) is 0 Å². The average Bonchev–Trinajstić information content (AvgIpc) is 2.30. The van der Waals surface area contributed by atoms with Crippen LogP contribution in [0.25, 0.3) is 0 Å².